The Morgan fingerprint density at radius 2 is 2.13 bits per heavy atom. The molecule has 15 heavy (non-hydrogen) atoms. The van der Waals surface area contributed by atoms with Gasteiger partial charge in [-0.3, -0.25) is 4.79 Å². The SMILES string of the molecule is CCCOC(=O)CC1C=CC=CC1(C)C. The first-order valence-corrected chi connectivity index (χ1v) is 5.58. The molecule has 1 aliphatic carbocycles. The minimum Gasteiger partial charge on any atom is -0.466 e. The quantitative estimate of drug-likeness (QED) is 0.664. The van der Waals surface area contributed by atoms with Gasteiger partial charge in [0.1, 0.15) is 0 Å². The third-order valence-electron chi connectivity index (χ3n) is 2.79. The standard InChI is InChI=1S/C13H20O2/c1-4-9-15-12(14)10-11-7-5-6-8-13(11,2)3/h5-8,11H,4,9-10H2,1-3H3. The summed E-state index contributed by atoms with van der Waals surface area (Å²) in [4.78, 5) is 11.5. The number of allylic oxidation sites excluding steroid dienone is 4. The predicted molar refractivity (Wildman–Crippen MR) is 61.4 cm³/mol. The highest BCUT2D eigenvalue weighted by Gasteiger charge is 2.28. The number of hydrogen-bond acceptors (Lipinski definition) is 2. The number of carbonyl (C=O) groups excluding carboxylic acids is 1. The summed E-state index contributed by atoms with van der Waals surface area (Å²) in [5.41, 5.74) is 0.0555. The topological polar surface area (TPSA) is 26.3 Å². The summed E-state index contributed by atoms with van der Waals surface area (Å²) in [6, 6.07) is 0. The Bertz CT molecular complexity index is 274. The Morgan fingerprint density at radius 1 is 1.40 bits per heavy atom. The van der Waals surface area contributed by atoms with Gasteiger partial charge in [-0.1, -0.05) is 45.1 Å². The fourth-order valence-electron chi connectivity index (χ4n) is 1.66. The molecule has 0 saturated heterocycles. The minimum absolute atomic E-state index is 0.0555. The highest BCUT2D eigenvalue weighted by Crippen LogP contribution is 2.34. The molecule has 2 heteroatoms. The Hall–Kier alpha value is -1.05. The number of esters is 1. The largest absolute Gasteiger partial charge is 0.466 e. The van der Waals surface area contributed by atoms with E-state index in [0.29, 0.717) is 13.0 Å². The zero-order valence-corrected chi connectivity index (χ0v) is 9.82. The van der Waals surface area contributed by atoms with Crippen molar-refractivity contribution < 1.29 is 9.53 Å². The lowest BCUT2D eigenvalue weighted by Crippen LogP contribution is -2.25. The van der Waals surface area contributed by atoms with Crippen molar-refractivity contribution >= 4 is 5.97 Å². The average Bonchev–Trinajstić information content (AvgIpc) is 2.18. The monoisotopic (exact) mass is 208 g/mol. The van der Waals surface area contributed by atoms with Crippen molar-refractivity contribution in [2.24, 2.45) is 11.3 Å². The van der Waals surface area contributed by atoms with Crippen LogP contribution in [0.25, 0.3) is 0 Å². The van der Waals surface area contributed by atoms with E-state index in [4.69, 9.17) is 4.74 Å². The van der Waals surface area contributed by atoms with Crippen molar-refractivity contribution in [1.29, 1.82) is 0 Å². The summed E-state index contributed by atoms with van der Waals surface area (Å²) in [5, 5.41) is 0. The van der Waals surface area contributed by atoms with Gasteiger partial charge in [-0.05, 0) is 17.8 Å². The molecule has 0 aromatic rings. The van der Waals surface area contributed by atoms with Crippen LogP contribution in [-0.4, -0.2) is 12.6 Å². The Morgan fingerprint density at radius 3 is 2.73 bits per heavy atom. The van der Waals surface area contributed by atoms with Crippen LogP contribution in [-0.2, 0) is 9.53 Å². The number of rotatable bonds is 4. The van der Waals surface area contributed by atoms with Crippen LogP contribution in [0.5, 0.6) is 0 Å². The van der Waals surface area contributed by atoms with E-state index in [-0.39, 0.29) is 17.3 Å². The van der Waals surface area contributed by atoms with E-state index in [2.05, 4.69) is 26.0 Å². The number of ether oxygens (including phenoxy) is 1. The molecule has 0 saturated carbocycles. The molecule has 0 amide bonds. The Balaban J connectivity index is 2.47. The number of hydrogen-bond donors (Lipinski definition) is 0. The molecule has 84 valence electrons. The Labute approximate surface area is 92.0 Å². The maximum absolute atomic E-state index is 11.5. The lowest BCUT2D eigenvalue weighted by atomic mass is 9.74. The zero-order chi connectivity index (χ0) is 11.3. The highest BCUT2D eigenvalue weighted by molar-refractivity contribution is 5.70. The first kappa shape index (κ1) is 12.0. The third-order valence-corrected chi connectivity index (χ3v) is 2.79. The maximum Gasteiger partial charge on any atom is 0.306 e. The summed E-state index contributed by atoms with van der Waals surface area (Å²) < 4.78 is 5.09. The molecule has 0 bridgehead atoms. The van der Waals surface area contributed by atoms with Crippen LogP contribution >= 0.6 is 0 Å². The van der Waals surface area contributed by atoms with E-state index in [9.17, 15) is 4.79 Å². The molecule has 0 aromatic heterocycles. The molecule has 0 radical (unpaired) electrons. The summed E-state index contributed by atoms with van der Waals surface area (Å²) in [6.45, 7) is 6.82. The average molecular weight is 208 g/mol. The fourth-order valence-corrected chi connectivity index (χ4v) is 1.66. The van der Waals surface area contributed by atoms with Gasteiger partial charge >= 0.3 is 5.97 Å². The van der Waals surface area contributed by atoms with Gasteiger partial charge in [0.15, 0.2) is 0 Å². The summed E-state index contributed by atoms with van der Waals surface area (Å²) in [5.74, 6) is 0.168. The van der Waals surface area contributed by atoms with Crippen LogP contribution in [0.15, 0.2) is 24.3 Å². The lowest BCUT2D eigenvalue weighted by Gasteiger charge is -2.30. The molecule has 0 spiro atoms. The smallest absolute Gasteiger partial charge is 0.306 e. The van der Waals surface area contributed by atoms with Gasteiger partial charge in [0.2, 0.25) is 0 Å². The van der Waals surface area contributed by atoms with E-state index in [1.54, 1.807) is 0 Å². The van der Waals surface area contributed by atoms with Crippen LogP contribution in [0.3, 0.4) is 0 Å². The van der Waals surface area contributed by atoms with E-state index in [1.807, 2.05) is 19.1 Å². The van der Waals surface area contributed by atoms with Crippen molar-refractivity contribution in [2.75, 3.05) is 6.61 Å². The number of carbonyl (C=O) groups is 1. The molecule has 0 fully saturated rings. The molecular weight excluding hydrogens is 188 g/mol. The summed E-state index contributed by atoms with van der Waals surface area (Å²) in [7, 11) is 0. The van der Waals surface area contributed by atoms with E-state index >= 15 is 0 Å². The van der Waals surface area contributed by atoms with Crippen LogP contribution in [0, 0.1) is 11.3 Å². The third kappa shape index (κ3) is 3.54. The first-order valence-electron chi connectivity index (χ1n) is 5.58. The minimum atomic E-state index is -0.0881. The van der Waals surface area contributed by atoms with Crippen LogP contribution in [0.4, 0.5) is 0 Å². The van der Waals surface area contributed by atoms with Crippen molar-refractivity contribution in [1.82, 2.24) is 0 Å². The lowest BCUT2D eigenvalue weighted by molar-refractivity contribution is -0.145. The molecule has 0 aliphatic heterocycles. The van der Waals surface area contributed by atoms with Crippen LogP contribution in [0.2, 0.25) is 0 Å². The fraction of sp³-hybridized carbons (Fsp3) is 0.615. The van der Waals surface area contributed by atoms with Gasteiger partial charge in [-0.2, -0.15) is 0 Å². The molecule has 0 N–H and O–H groups in total. The molecule has 0 aromatic carbocycles. The first-order chi connectivity index (χ1) is 7.06. The second-order valence-electron chi connectivity index (χ2n) is 4.60. The van der Waals surface area contributed by atoms with Crippen LogP contribution in [0.1, 0.15) is 33.6 Å². The molecule has 1 unspecified atom stereocenters. The van der Waals surface area contributed by atoms with E-state index in [1.165, 1.54) is 0 Å². The predicted octanol–water partition coefficient (Wildman–Crippen LogP) is 3.10. The van der Waals surface area contributed by atoms with Gasteiger partial charge in [0, 0.05) is 0 Å². The molecule has 1 rings (SSSR count). The van der Waals surface area contributed by atoms with Crippen LogP contribution < -0.4 is 0 Å². The molecule has 1 atom stereocenters. The Kier molecular flexibility index (Phi) is 4.13. The maximum atomic E-state index is 11.5. The molecule has 1 aliphatic rings. The summed E-state index contributed by atoms with van der Waals surface area (Å²) in [6.07, 6.45) is 9.64. The van der Waals surface area contributed by atoms with Crippen molar-refractivity contribution in [3.8, 4) is 0 Å². The van der Waals surface area contributed by atoms with Gasteiger partial charge in [0.25, 0.3) is 0 Å². The van der Waals surface area contributed by atoms with Gasteiger partial charge in [-0.25, -0.2) is 0 Å². The normalized spacial score (nSPS) is 22.7. The highest BCUT2D eigenvalue weighted by atomic mass is 16.5. The van der Waals surface area contributed by atoms with Crippen molar-refractivity contribution in [2.45, 2.75) is 33.6 Å². The summed E-state index contributed by atoms with van der Waals surface area (Å²) >= 11 is 0. The molecule has 0 heterocycles. The molecular formula is C13H20O2. The van der Waals surface area contributed by atoms with Gasteiger partial charge in [0.05, 0.1) is 13.0 Å². The van der Waals surface area contributed by atoms with E-state index < -0.39 is 0 Å². The second-order valence-corrected chi connectivity index (χ2v) is 4.60. The molecule has 2 nitrogen and oxygen atoms in total. The van der Waals surface area contributed by atoms with Crippen molar-refractivity contribution in [3.63, 3.8) is 0 Å². The van der Waals surface area contributed by atoms with Crippen molar-refractivity contribution in [3.05, 3.63) is 24.3 Å². The zero-order valence-electron chi connectivity index (χ0n) is 9.82. The van der Waals surface area contributed by atoms with Gasteiger partial charge in [-0.15, -0.1) is 0 Å². The second kappa shape index (κ2) is 5.15. The van der Waals surface area contributed by atoms with Gasteiger partial charge < -0.3 is 4.74 Å². The van der Waals surface area contributed by atoms with E-state index in [0.717, 1.165) is 6.42 Å².